The Morgan fingerprint density at radius 1 is 1.00 bits per heavy atom. The van der Waals surface area contributed by atoms with Gasteiger partial charge in [-0.25, -0.2) is 0 Å². The van der Waals surface area contributed by atoms with E-state index in [9.17, 15) is 0 Å². The van der Waals surface area contributed by atoms with Crippen molar-refractivity contribution in [3.8, 4) is 5.75 Å². The second-order valence-corrected chi connectivity index (χ2v) is 4.79. The molecule has 2 rings (SSSR count). The van der Waals surface area contributed by atoms with Crippen LogP contribution >= 0.6 is 12.6 Å². The largest absolute Gasteiger partial charge is 0.489 e. The normalized spacial score (nSPS) is 12.1. The molecule has 0 bridgehead atoms. The maximum absolute atomic E-state index is 5.70. The number of hydrogen-bond donors (Lipinski definition) is 1. The molecule has 0 amide bonds. The Labute approximate surface area is 108 Å². The van der Waals surface area contributed by atoms with E-state index in [1.807, 2.05) is 30.3 Å². The summed E-state index contributed by atoms with van der Waals surface area (Å²) >= 11 is 4.39. The molecule has 0 fully saturated rings. The molecular formula is C15H16OS. The van der Waals surface area contributed by atoms with Crippen LogP contribution in [0.15, 0.2) is 54.6 Å². The third-order valence-corrected chi connectivity index (χ3v) is 2.91. The standard InChI is InChI=1S/C15H16OS/c1-12(17)14-7-9-15(10-8-14)16-11-13-5-3-2-4-6-13/h2-10,12,17H,11H2,1H3. The molecule has 0 aliphatic heterocycles. The zero-order chi connectivity index (χ0) is 12.1. The van der Waals surface area contributed by atoms with Gasteiger partial charge in [0.15, 0.2) is 0 Å². The Kier molecular flexibility index (Phi) is 4.10. The summed E-state index contributed by atoms with van der Waals surface area (Å²) in [6.45, 7) is 2.67. The highest BCUT2D eigenvalue weighted by Crippen LogP contribution is 2.22. The average Bonchev–Trinajstić information content (AvgIpc) is 2.38. The molecule has 1 nitrogen and oxygen atoms in total. The maximum Gasteiger partial charge on any atom is 0.119 e. The predicted octanol–water partition coefficient (Wildman–Crippen LogP) is 4.26. The van der Waals surface area contributed by atoms with Crippen molar-refractivity contribution in [1.29, 1.82) is 0 Å². The van der Waals surface area contributed by atoms with E-state index in [4.69, 9.17) is 4.74 Å². The predicted molar refractivity (Wildman–Crippen MR) is 74.6 cm³/mol. The number of ether oxygens (including phenoxy) is 1. The average molecular weight is 244 g/mol. The van der Waals surface area contributed by atoms with Crippen molar-refractivity contribution in [3.05, 3.63) is 65.7 Å². The molecule has 0 spiro atoms. The summed E-state index contributed by atoms with van der Waals surface area (Å²) in [6, 6.07) is 18.3. The molecule has 2 aromatic rings. The molecule has 1 unspecified atom stereocenters. The van der Waals surface area contributed by atoms with Gasteiger partial charge in [0.25, 0.3) is 0 Å². The Bertz CT molecular complexity index is 448. The molecule has 0 radical (unpaired) electrons. The highest BCUT2D eigenvalue weighted by molar-refractivity contribution is 7.80. The van der Waals surface area contributed by atoms with Gasteiger partial charge in [0.05, 0.1) is 0 Å². The van der Waals surface area contributed by atoms with Gasteiger partial charge in [0.2, 0.25) is 0 Å². The SMILES string of the molecule is CC(S)c1ccc(OCc2ccccc2)cc1. The molecule has 88 valence electrons. The zero-order valence-corrected chi connectivity index (χ0v) is 10.7. The molecule has 0 saturated carbocycles. The molecule has 2 heteroatoms. The Morgan fingerprint density at radius 3 is 2.24 bits per heavy atom. The van der Waals surface area contributed by atoms with E-state index in [2.05, 4.69) is 43.8 Å². The lowest BCUT2D eigenvalue weighted by Gasteiger charge is -2.08. The summed E-state index contributed by atoms with van der Waals surface area (Å²) in [5.74, 6) is 0.895. The van der Waals surface area contributed by atoms with Crippen molar-refractivity contribution in [2.75, 3.05) is 0 Å². The van der Waals surface area contributed by atoms with Crippen LogP contribution in [0.2, 0.25) is 0 Å². The fourth-order valence-electron chi connectivity index (χ4n) is 1.58. The third-order valence-electron chi connectivity index (χ3n) is 2.61. The second kappa shape index (κ2) is 5.78. The molecule has 17 heavy (non-hydrogen) atoms. The molecular weight excluding hydrogens is 228 g/mol. The van der Waals surface area contributed by atoms with Crippen molar-refractivity contribution < 1.29 is 4.74 Å². The van der Waals surface area contributed by atoms with Crippen LogP contribution in [0.1, 0.15) is 23.3 Å². The van der Waals surface area contributed by atoms with Crippen LogP contribution in [0, 0.1) is 0 Å². The van der Waals surface area contributed by atoms with Gasteiger partial charge in [-0.2, -0.15) is 12.6 Å². The lowest BCUT2D eigenvalue weighted by molar-refractivity contribution is 0.306. The van der Waals surface area contributed by atoms with Crippen molar-refractivity contribution in [2.45, 2.75) is 18.8 Å². The van der Waals surface area contributed by atoms with Crippen molar-refractivity contribution >= 4 is 12.6 Å². The first-order chi connectivity index (χ1) is 8.25. The zero-order valence-electron chi connectivity index (χ0n) is 9.84. The summed E-state index contributed by atoms with van der Waals surface area (Å²) in [5.41, 5.74) is 2.39. The Balaban J connectivity index is 1.96. The smallest absolute Gasteiger partial charge is 0.119 e. The molecule has 0 saturated heterocycles. The van der Waals surface area contributed by atoms with E-state index >= 15 is 0 Å². The van der Waals surface area contributed by atoms with Crippen molar-refractivity contribution in [1.82, 2.24) is 0 Å². The summed E-state index contributed by atoms with van der Waals surface area (Å²) < 4.78 is 5.70. The highest BCUT2D eigenvalue weighted by atomic mass is 32.1. The second-order valence-electron chi connectivity index (χ2n) is 4.02. The minimum absolute atomic E-state index is 0.262. The van der Waals surface area contributed by atoms with Gasteiger partial charge in [-0.15, -0.1) is 0 Å². The molecule has 0 aliphatic carbocycles. The fourth-order valence-corrected chi connectivity index (χ4v) is 1.76. The van der Waals surface area contributed by atoms with E-state index < -0.39 is 0 Å². The number of benzene rings is 2. The van der Waals surface area contributed by atoms with E-state index in [1.54, 1.807) is 0 Å². The minimum atomic E-state index is 0.262. The monoisotopic (exact) mass is 244 g/mol. The van der Waals surface area contributed by atoms with Crippen LogP contribution in [0.5, 0.6) is 5.75 Å². The van der Waals surface area contributed by atoms with Gasteiger partial charge in [0, 0.05) is 5.25 Å². The summed E-state index contributed by atoms with van der Waals surface area (Å²) in [5, 5.41) is 0.262. The maximum atomic E-state index is 5.70. The van der Waals surface area contributed by atoms with Gasteiger partial charge < -0.3 is 4.74 Å². The first-order valence-electron chi connectivity index (χ1n) is 5.70. The number of hydrogen-bond acceptors (Lipinski definition) is 2. The van der Waals surface area contributed by atoms with Crippen LogP contribution in [0.4, 0.5) is 0 Å². The van der Waals surface area contributed by atoms with Crippen LogP contribution in [0.3, 0.4) is 0 Å². The molecule has 0 aliphatic rings. The minimum Gasteiger partial charge on any atom is -0.489 e. The van der Waals surface area contributed by atoms with E-state index in [0.717, 1.165) is 5.75 Å². The van der Waals surface area contributed by atoms with Gasteiger partial charge >= 0.3 is 0 Å². The number of thiol groups is 1. The topological polar surface area (TPSA) is 9.23 Å². The highest BCUT2D eigenvalue weighted by Gasteiger charge is 2.00. The van der Waals surface area contributed by atoms with Crippen LogP contribution in [-0.2, 0) is 6.61 Å². The van der Waals surface area contributed by atoms with Gasteiger partial charge in [0.1, 0.15) is 12.4 Å². The summed E-state index contributed by atoms with van der Waals surface area (Å²) in [6.07, 6.45) is 0. The van der Waals surface area contributed by atoms with Gasteiger partial charge in [-0.05, 0) is 30.2 Å². The van der Waals surface area contributed by atoms with Gasteiger partial charge in [-0.1, -0.05) is 42.5 Å². The van der Waals surface area contributed by atoms with E-state index in [0.29, 0.717) is 6.61 Å². The van der Waals surface area contributed by atoms with Gasteiger partial charge in [-0.3, -0.25) is 0 Å². The molecule has 0 heterocycles. The Morgan fingerprint density at radius 2 is 1.65 bits per heavy atom. The third kappa shape index (κ3) is 3.53. The lowest BCUT2D eigenvalue weighted by atomic mass is 10.1. The van der Waals surface area contributed by atoms with Crippen molar-refractivity contribution in [2.24, 2.45) is 0 Å². The summed E-state index contributed by atoms with van der Waals surface area (Å²) in [7, 11) is 0. The summed E-state index contributed by atoms with van der Waals surface area (Å²) in [4.78, 5) is 0. The Hall–Kier alpha value is -1.41. The first kappa shape index (κ1) is 12.1. The van der Waals surface area contributed by atoms with Crippen LogP contribution < -0.4 is 4.74 Å². The lowest BCUT2D eigenvalue weighted by Crippen LogP contribution is -1.95. The molecule has 1 atom stereocenters. The first-order valence-corrected chi connectivity index (χ1v) is 6.22. The molecule has 0 N–H and O–H groups in total. The fraction of sp³-hybridized carbons (Fsp3) is 0.200. The van der Waals surface area contributed by atoms with E-state index in [-0.39, 0.29) is 5.25 Å². The van der Waals surface area contributed by atoms with Crippen molar-refractivity contribution in [3.63, 3.8) is 0 Å². The molecule has 2 aromatic carbocycles. The van der Waals surface area contributed by atoms with Crippen LogP contribution in [0.25, 0.3) is 0 Å². The van der Waals surface area contributed by atoms with Crippen LogP contribution in [-0.4, -0.2) is 0 Å². The quantitative estimate of drug-likeness (QED) is 0.791. The number of rotatable bonds is 4. The van der Waals surface area contributed by atoms with E-state index in [1.165, 1.54) is 11.1 Å². The molecule has 0 aromatic heterocycles.